The molecular weight excluding hydrogens is 289 g/mol. The summed E-state index contributed by atoms with van der Waals surface area (Å²) in [6, 6.07) is 0. The number of carbonyl (C=O) groups is 1. The van der Waals surface area contributed by atoms with Gasteiger partial charge in [0, 0.05) is 5.88 Å². The smallest absolute Gasteiger partial charge is 0.407 e. The molecule has 0 aliphatic carbocycles. The second-order valence-corrected chi connectivity index (χ2v) is 7.49. The van der Waals surface area contributed by atoms with Crippen LogP contribution in [0.1, 0.15) is 13.3 Å². The Morgan fingerprint density at radius 2 is 2.24 bits per heavy atom. The van der Waals surface area contributed by atoms with Crippen LogP contribution in [0.3, 0.4) is 0 Å². The number of ether oxygens (including phenoxy) is 1. The minimum atomic E-state index is -3.05. The van der Waals surface area contributed by atoms with E-state index >= 15 is 0 Å². The average Bonchev–Trinajstić information content (AvgIpc) is 2.49. The molecule has 1 rings (SSSR count). The van der Waals surface area contributed by atoms with Gasteiger partial charge in [0.1, 0.15) is 6.61 Å². The standard InChI is InChI=1S/C9H15Cl2NO4S/c1-9(2-3-17(14,15)6-9)12-8(13)16-5-7(11)4-10/h7H,2-6H2,1H3,(H,12,13)/t7-,9-/m1/s1. The van der Waals surface area contributed by atoms with Crippen molar-refractivity contribution in [2.24, 2.45) is 0 Å². The van der Waals surface area contributed by atoms with Crippen LogP contribution in [0.2, 0.25) is 0 Å². The molecule has 1 saturated heterocycles. The zero-order valence-electron chi connectivity index (χ0n) is 9.41. The molecule has 1 aliphatic heterocycles. The van der Waals surface area contributed by atoms with Crippen LogP contribution in [0, 0.1) is 0 Å². The highest BCUT2D eigenvalue weighted by atomic mass is 35.5. The minimum absolute atomic E-state index is 0.000279. The summed E-state index contributed by atoms with van der Waals surface area (Å²) in [6.07, 6.45) is -0.273. The molecule has 0 aromatic rings. The maximum absolute atomic E-state index is 11.4. The summed E-state index contributed by atoms with van der Waals surface area (Å²) in [5.41, 5.74) is -0.751. The number of sulfone groups is 1. The van der Waals surface area contributed by atoms with Crippen LogP contribution in [0.4, 0.5) is 4.79 Å². The SMILES string of the molecule is C[C@@]1(NC(=O)OC[C@H](Cl)CCl)CCS(=O)(=O)C1. The number of hydrogen-bond donors (Lipinski definition) is 1. The third-order valence-electron chi connectivity index (χ3n) is 2.47. The molecule has 5 nitrogen and oxygen atoms in total. The number of halogens is 2. The van der Waals surface area contributed by atoms with Gasteiger partial charge in [-0.1, -0.05) is 0 Å². The molecule has 0 spiro atoms. The van der Waals surface area contributed by atoms with Gasteiger partial charge in [0.05, 0.1) is 22.4 Å². The van der Waals surface area contributed by atoms with Crippen molar-refractivity contribution in [3.63, 3.8) is 0 Å². The summed E-state index contributed by atoms with van der Waals surface area (Å²) in [5.74, 6) is 0.207. The van der Waals surface area contributed by atoms with Crippen LogP contribution in [-0.4, -0.2) is 49.4 Å². The fraction of sp³-hybridized carbons (Fsp3) is 0.889. The lowest BCUT2D eigenvalue weighted by Crippen LogP contribution is -2.47. The lowest BCUT2D eigenvalue weighted by molar-refractivity contribution is 0.137. The van der Waals surface area contributed by atoms with Crippen LogP contribution >= 0.6 is 23.2 Å². The van der Waals surface area contributed by atoms with Crippen molar-refractivity contribution in [1.82, 2.24) is 5.32 Å². The van der Waals surface area contributed by atoms with Crippen molar-refractivity contribution in [1.29, 1.82) is 0 Å². The molecule has 1 N–H and O–H groups in total. The molecule has 0 unspecified atom stereocenters. The largest absolute Gasteiger partial charge is 0.448 e. The summed E-state index contributed by atoms with van der Waals surface area (Å²) in [6.45, 7) is 1.68. The summed E-state index contributed by atoms with van der Waals surface area (Å²) >= 11 is 11.1. The van der Waals surface area contributed by atoms with E-state index in [9.17, 15) is 13.2 Å². The highest BCUT2D eigenvalue weighted by Crippen LogP contribution is 2.22. The van der Waals surface area contributed by atoms with E-state index < -0.39 is 26.8 Å². The summed E-state index contributed by atoms with van der Waals surface area (Å²) in [5, 5.41) is 2.11. The normalized spacial score (nSPS) is 28.6. The first kappa shape index (κ1) is 14.9. The summed E-state index contributed by atoms with van der Waals surface area (Å²) in [4.78, 5) is 11.4. The molecule has 0 saturated carbocycles. The van der Waals surface area contributed by atoms with E-state index in [0.717, 1.165) is 0 Å². The van der Waals surface area contributed by atoms with E-state index in [1.165, 1.54) is 0 Å². The van der Waals surface area contributed by atoms with Gasteiger partial charge in [0.2, 0.25) is 0 Å². The Morgan fingerprint density at radius 1 is 1.59 bits per heavy atom. The lowest BCUT2D eigenvalue weighted by atomic mass is 10.0. The number of amides is 1. The fourth-order valence-electron chi connectivity index (χ4n) is 1.60. The Kier molecular flexibility index (Phi) is 4.92. The third-order valence-corrected chi connectivity index (χ3v) is 5.18. The van der Waals surface area contributed by atoms with E-state index in [0.29, 0.717) is 6.42 Å². The number of nitrogens with one attached hydrogen (secondary N) is 1. The predicted molar refractivity (Wildman–Crippen MR) is 66.5 cm³/mol. The topological polar surface area (TPSA) is 72.5 Å². The second-order valence-electron chi connectivity index (χ2n) is 4.38. The highest BCUT2D eigenvalue weighted by molar-refractivity contribution is 7.91. The number of rotatable bonds is 4. The van der Waals surface area contributed by atoms with Gasteiger partial charge in [-0.05, 0) is 13.3 Å². The molecular formula is C9H15Cl2NO4S. The lowest BCUT2D eigenvalue weighted by Gasteiger charge is -2.23. The zero-order valence-corrected chi connectivity index (χ0v) is 11.7. The van der Waals surface area contributed by atoms with E-state index in [4.69, 9.17) is 27.9 Å². The third kappa shape index (κ3) is 4.89. The van der Waals surface area contributed by atoms with Gasteiger partial charge >= 0.3 is 6.09 Å². The maximum Gasteiger partial charge on any atom is 0.407 e. The van der Waals surface area contributed by atoms with E-state index in [-0.39, 0.29) is 24.0 Å². The van der Waals surface area contributed by atoms with E-state index in [1.54, 1.807) is 6.92 Å². The predicted octanol–water partition coefficient (Wildman–Crippen LogP) is 1.14. The van der Waals surface area contributed by atoms with Gasteiger partial charge in [-0.3, -0.25) is 0 Å². The Morgan fingerprint density at radius 3 is 2.71 bits per heavy atom. The number of hydrogen-bond acceptors (Lipinski definition) is 4. The van der Waals surface area contributed by atoms with Gasteiger partial charge in [0.25, 0.3) is 0 Å². The molecule has 1 fully saturated rings. The van der Waals surface area contributed by atoms with Gasteiger partial charge in [0.15, 0.2) is 9.84 Å². The zero-order chi connectivity index (χ0) is 13.1. The van der Waals surface area contributed by atoms with E-state index in [1.807, 2.05) is 0 Å². The molecule has 0 aromatic heterocycles. The Hall–Kier alpha value is -0.200. The molecule has 1 amide bonds. The van der Waals surface area contributed by atoms with Gasteiger partial charge in [-0.15, -0.1) is 23.2 Å². The highest BCUT2D eigenvalue weighted by Gasteiger charge is 2.39. The molecule has 8 heteroatoms. The first-order chi connectivity index (χ1) is 7.76. The molecule has 0 radical (unpaired) electrons. The number of alkyl carbamates (subject to hydrolysis) is 1. The first-order valence-corrected chi connectivity index (χ1v) is 7.91. The molecule has 1 heterocycles. The minimum Gasteiger partial charge on any atom is -0.448 e. The molecule has 2 atom stereocenters. The molecule has 17 heavy (non-hydrogen) atoms. The molecule has 1 aliphatic rings. The van der Waals surface area contributed by atoms with Crippen LogP contribution in [0.15, 0.2) is 0 Å². The van der Waals surface area contributed by atoms with Gasteiger partial charge in [-0.2, -0.15) is 0 Å². The van der Waals surface area contributed by atoms with Crippen molar-refractivity contribution in [3.05, 3.63) is 0 Å². The quantitative estimate of drug-likeness (QED) is 0.790. The van der Waals surface area contributed by atoms with E-state index in [2.05, 4.69) is 5.32 Å². The Bertz CT molecular complexity index is 386. The average molecular weight is 304 g/mol. The van der Waals surface area contributed by atoms with Gasteiger partial charge < -0.3 is 10.1 Å². The number of alkyl halides is 2. The van der Waals surface area contributed by atoms with Crippen LogP contribution < -0.4 is 5.32 Å². The summed E-state index contributed by atoms with van der Waals surface area (Å²) < 4.78 is 27.4. The monoisotopic (exact) mass is 303 g/mol. The Balaban J connectivity index is 2.41. The first-order valence-electron chi connectivity index (χ1n) is 5.12. The molecule has 0 bridgehead atoms. The van der Waals surface area contributed by atoms with Crippen molar-refractivity contribution in [3.8, 4) is 0 Å². The van der Waals surface area contributed by atoms with Crippen molar-refractivity contribution in [2.45, 2.75) is 24.3 Å². The number of carbonyl (C=O) groups excluding carboxylic acids is 1. The van der Waals surface area contributed by atoms with Crippen molar-refractivity contribution < 1.29 is 17.9 Å². The van der Waals surface area contributed by atoms with Crippen molar-refractivity contribution in [2.75, 3.05) is 24.0 Å². The second kappa shape index (κ2) is 5.63. The van der Waals surface area contributed by atoms with Gasteiger partial charge in [-0.25, -0.2) is 13.2 Å². The summed E-state index contributed by atoms with van der Waals surface area (Å²) in [7, 11) is -3.05. The van der Waals surface area contributed by atoms with Crippen molar-refractivity contribution >= 4 is 39.1 Å². The Labute approximate surface area is 111 Å². The maximum atomic E-state index is 11.4. The van der Waals surface area contributed by atoms with Crippen LogP contribution in [-0.2, 0) is 14.6 Å². The fourth-order valence-corrected chi connectivity index (χ4v) is 3.85. The van der Waals surface area contributed by atoms with Crippen LogP contribution in [0.5, 0.6) is 0 Å². The van der Waals surface area contributed by atoms with Crippen LogP contribution in [0.25, 0.3) is 0 Å². The molecule has 0 aromatic carbocycles. The molecule has 100 valence electrons.